The fraction of sp³-hybridized carbons (Fsp3) is 0.111. The van der Waals surface area contributed by atoms with Gasteiger partial charge in [0.15, 0.2) is 6.10 Å². The average molecular weight is 523 g/mol. The van der Waals surface area contributed by atoms with Crippen LogP contribution in [0.3, 0.4) is 0 Å². The fourth-order valence-corrected chi connectivity index (χ4v) is 4.96. The number of carbonyl (C=O) groups excluding carboxylic acids is 2. The van der Waals surface area contributed by atoms with Gasteiger partial charge in [0.2, 0.25) is 5.91 Å². The molecule has 0 aliphatic carbocycles. The summed E-state index contributed by atoms with van der Waals surface area (Å²) < 4.78 is 19.7. The van der Waals surface area contributed by atoms with Crippen LogP contribution in [0.4, 0.5) is 15.8 Å². The van der Waals surface area contributed by atoms with Crippen LogP contribution in [0.2, 0.25) is 10.0 Å². The van der Waals surface area contributed by atoms with Crippen molar-refractivity contribution in [2.75, 3.05) is 9.96 Å². The number of carbonyl (C=O) groups is 2. The minimum atomic E-state index is -1.06. The highest BCUT2D eigenvalue weighted by molar-refractivity contribution is 6.42. The summed E-state index contributed by atoms with van der Waals surface area (Å²) in [6.45, 7) is 0. The Bertz CT molecular complexity index is 1470. The summed E-state index contributed by atoms with van der Waals surface area (Å²) in [5, 5.41) is 2.35. The number of rotatable bonds is 4. The summed E-state index contributed by atoms with van der Waals surface area (Å²) in [7, 11) is 0. The van der Waals surface area contributed by atoms with Crippen LogP contribution in [0.15, 0.2) is 89.3 Å². The fourth-order valence-electron chi connectivity index (χ4n) is 4.66. The number of anilines is 2. The summed E-state index contributed by atoms with van der Waals surface area (Å²) >= 11 is 12.2. The Morgan fingerprint density at radius 1 is 0.778 bits per heavy atom. The van der Waals surface area contributed by atoms with Gasteiger partial charge in [0, 0.05) is 5.56 Å². The molecule has 6 rings (SSSR count). The first kappa shape index (κ1) is 22.8. The normalized spacial score (nSPS) is 21.4. The molecule has 2 aliphatic rings. The highest BCUT2D eigenvalue weighted by Gasteiger charge is 2.61. The maximum absolute atomic E-state index is 13.6. The zero-order valence-corrected chi connectivity index (χ0v) is 20.0. The molecular formula is C27H17Cl2FN2O4. The second-order valence-electron chi connectivity index (χ2n) is 8.48. The van der Waals surface area contributed by atoms with Crippen LogP contribution >= 0.6 is 23.2 Å². The number of benzene rings is 3. The monoisotopic (exact) mass is 522 g/mol. The van der Waals surface area contributed by atoms with Crippen molar-refractivity contribution in [3.63, 3.8) is 0 Å². The number of fused-ring (bicyclic) bond motifs is 1. The van der Waals surface area contributed by atoms with Crippen LogP contribution < -0.4 is 9.96 Å². The molecule has 36 heavy (non-hydrogen) atoms. The van der Waals surface area contributed by atoms with Crippen LogP contribution in [0, 0.1) is 11.7 Å². The topological polar surface area (TPSA) is 63.0 Å². The summed E-state index contributed by atoms with van der Waals surface area (Å²) in [4.78, 5) is 34.1. The maximum atomic E-state index is 13.6. The van der Waals surface area contributed by atoms with Crippen molar-refractivity contribution < 1.29 is 23.2 Å². The summed E-state index contributed by atoms with van der Waals surface area (Å²) in [5.74, 6) is -1.35. The molecule has 3 heterocycles. The van der Waals surface area contributed by atoms with Gasteiger partial charge >= 0.3 is 0 Å². The lowest BCUT2D eigenvalue weighted by molar-refractivity contribution is -0.126. The molecule has 0 radical (unpaired) electrons. The van der Waals surface area contributed by atoms with Crippen LogP contribution in [0.5, 0.6) is 0 Å². The molecule has 6 nitrogen and oxygen atoms in total. The summed E-state index contributed by atoms with van der Waals surface area (Å²) in [6.07, 6.45) is -1.06. The lowest BCUT2D eigenvalue weighted by Crippen LogP contribution is -2.37. The van der Waals surface area contributed by atoms with E-state index in [1.165, 1.54) is 24.3 Å². The van der Waals surface area contributed by atoms with Crippen LogP contribution in [0.1, 0.15) is 11.8 Å². The molecule has 2 fully saturated rings. The third-order valence-corrected chi connectivity index (χ3v) is 7.07. The molecule has 9 heteroatoms. The standard InChI is InChI=1S/C27H17Cl2FN2O4/c28-19-11-6-15(14-20(19)29)21-12-13-22(35-21)24-23-25(36-32(24)18-4-2-1-3-5-18)27(34)31(26(23)33)17-9-7-16(30)8-10-17/h1-14,23-25H/t23-,24-,25-/m1/s1. The molecule has 0 saturated carbocycles. The number of furan rings is 1. The first-order valence-electron chi connectivity index (χ1n) is 11.1. The van der Waals surface area contributed by atoms with Crippen LogP contribution in [0.25, 0.3) is 11.3 Å². The van der Waals surface area contributed by atoms with E-state index in [2.05, 4.69) is 0 Å². The van der Waals surface area contributed by atoms with Crippen molar-refractivity contribution >= 4 is 46.4 Å². The van der Waals surface area contributed by atoms with Crippen molar-refractivity contribution in [1.29, 1.82) is 0 Å². The lowest BCUT2D eigenvalue weighted by atomic mass is 9.94. The van der Waals surface area contributed by atoms with E-state index in [0.717, 1.165) is 4.90 Å². The van der Waals surface area contributed by atoms with Gasteiger partial charge in [-0.1, -0.05) is 41.4 Å². The molecule has 0 N–H and O–H groups in total. The van der Waals surface area contributed by atoms with Crippen molar-refractivity contribution in [3.05, 3.63) is 107 Å². The highest BCUT2D eigenvalue weighted by atomic mass is 35.5. The maximum Gasteiger partial charge on any atom is 0.266 e. The van der Waals surface area contributed by atoms with Gasteiger partial charge in [0.1, 0.15) is 29.3 Å². The molecule has 0 bridgehead atoms. The van der Waals surface area contributed by atoms with Crippen molar-refractivity contribution in [2.24, 2.45) is 5.92 Å². The van der Waals surface area contributed by atoms with E-state index in [9.17, 15) is 14.0 Å². The largest absolute Gasteiger partial charge is 0.459 e. The Morgan fingerprint density at radius 3 is 2.25 bits per heavy atom. The van der Waals surface area contributed by atoms with E-state index in [1.54, 1.807) is 35.4 Å². The van der Waals surface area contributed by atoms with Crippen molar-refractivity contribution in [3.8, 4) is 11.3 Å². The quantitative estimate of drug-likeness (QED) is 0.288. The number of hydrogen-bond donors (Lipinski definition) is 0. The Morgan fingerprint density at radius 2 is 1.53 bits per heavy atom. The van der Waals surface area contributed by atoms with Gasteiger partial charge in [-0.3, -0.25) is 14.4 Å². The van der Waals surface area contributed by atoms with Crippen LogP contribution in [-0.2, 0) is 14.4 Å². The van der Waals surface area contributed by atoms with Crippen LogP contribution in [-0.4, -0.2) is 17.9 Å². The second-order valence-corrected chi connectivity index (χ2v) is 9.29. The number of halogens is 3. The zero-order chi connectivity index (χ0) is 25.0. The van der Waals surface area contributed by atoms with E-state index in [4.69, 9.17) is 32.5 Å². The molecule has 3 aromatic carbocycles. The van der Waals surface area contributed by atoms with Gasteiger partial charge < -0.3 is 4.42 Å². The first-order valence-corrected chi connectivity index (χ1v) is 11.9. The van der Waals surface area contributed by atoms with E-state index < -0.39 is 35.7 Å². The minimum Gasteiger partial charge on any atom is -0.459 e. The second kappa shape index (κ2) is 8.78. The molecule has 180 valence electrons. The van der Waals surface area contributed by atoms with E-state index in [0.29, 0.717) is 32.8 Å². The molecule has 1 aromatic heterocycles. The number of nitrogens with zero attached hydrogens (tertiary/aromatic N) is 2. The Labute approximate surface area is 215 Å². The van der Waals surface area contributed by atoms with Crippen molar-refractivity contribution in [1.82, 2.24) is 0 Å². The molecule has 2 aliphatic heterocycles. The summed E-state index contributed by atoms with van der Waals surface area (Å²) in [6, 6.07) is 22.3. The number of para-hydroxylation sites is 1. The summed E-state index contributed by atoms with van der Waals surface area (Å²) in [5.41, 5.74) is 1.66. The van der Waals surface area contributed by atoms with Gasteiger partial charge in [-0.25, -0.2) is 14.4 Å². The van der Waals surface area contributed by atoms with Crippen molar-refractivity contribution in [2.45, 2.75) is 12.1 Å². The molecule has 4 aromatic rings. The number of amides is 2. The number of hydrogen-bond acceptors (Lipinski definition) is 5. The molecule has 3 atom stereocenters. The van der Waals surface area contributed by atoms with E-state index in [1.807, 2.05) is 30.3 Å². The Balaban J connectivity index is 1.41. The van der Waals surface area contributed by atoms with Gasteiger partial charge in [-0.05, 0) is 66.7 Å². The van der Waals surface area contributed by atoms with Gasteiger partial charge in [-0.15, -0.1) is 0 Å². The third kappa shape index (κ3) is 3.67. The first-order chi connectivity index (χ1) is 17.4. The third-order valence-electron chi connectivity index (χ3n) is 6.33. The smallest absolute Gasteiger partial charge is 0.266 e. The molecule has 2 amide bonds. The molecule has 0 spiro atoms. The van der Waals surface area contributed by atoms with Gasteiger partial charge in [0.25, 0.3) is 5.91 Å². The molecular weight excluding hydrogens is 506 g/mol. The predicted octanol–water partition coefficient (Wildman–Crippen LogP) is 6.44. The number of hydroxylamine groups is 1. The SMILES string of the molecule is O=C1[C@@H]2[C@@H](c3ccc(-c4ccc(Cl)c(Cl)c4)o3)N(c3ccccc3)O[C@H]2C(=O)N1c1ccc(F)cc1. The molecule has 0 unspecified atom stereocenters. The van der Waals surface area contributed by atoms with Gasteiger partial charge in [0.05, 0.1) is 21.4 Å². The minimum absolute atomic E-state index is 0.283. The Hall–Kier alpha value is -3.65. The van der Waals surface area contributed by atoms with E-state index >= 15 is 0 Å². The lowest BCUT2D eigenvalue weighted by Gasteiger charge is -2.27. The predicted molar refractivity (Wildman–Crippen MR) is 133 cm³/mol. The number of imide groups is 1. The molecule has 2 saturated heterocycles. The average Bonchev–Trinajstić information content (AvgIpc) is 3.58. The Kier molecular flexibility index (Phi) is 5.56. The van der Waals surface area contributed by atoms with E-state index in [-0.39, 0.29) is 5.69 Å². The van der Waals surface area contributed by atoms with Gasteiger partial charge in [-0.2, -0.15) is 0 Å². The zero-order valence-electron chi connectivity index (χ0n) is 18.5. The highest BCUT2D eigenvalue weighted by Crippen LogP contribution is 2.48.